The van der Waals surface area contributed by atoms with Gasteiger partial charge in [0.15, 0.2) is 12.4 Å². The van der Waals surface area contributed by atoms with Crippen molar-refractivity contribution in [2.75, 3.05) is 0 Å². The standard InChI is InChI=1S/C14H12N2O2.HI/c1-15-7-3-5-9-10-6-4-8-16(2)12(10)14(18)13(17)11(9)15;/h3-8H,1-2H3;1H/q+2;/p-1. The van der Waals surface area contributed by atoms with Crippen LogP contribution >= 0.6 is 0 Å². The first-order valence-electron chi connectivity index (χ1n) is 5.68. The number of nitrogens with zero attached hydrogens (tertiary/aromatic N) is 2. The van der Waals surface area contributed by atoms with E-state index in [9.17, 15) is 9.59 Å². The van der Waals surface area contributed by atoms with Crippen molar-refractivity contribution in [3.05, 3.63) is 48.0 Å². The van der Waals surface area contributed by atoms with Crippen LogP contribution in [0.2, 0.25) is 0 Å². The summed E-state index contributed by atoms with van der Waals surface area (Å²) < 4.78 is 3.40. The van der Waals surface area contributed by atoms with E-state index >= 15 is 0 Å². The van der Waals surface area contributed by atoms with Crippen LogP contribution in [0.25, 0.3) is 11.1 Å². The Hall–Kier alpha value is -1.63. The Bertz CT molecular complexity index is 649. The SMILES string of the molecule is C[n+]1cccc2c1C(=O)C(=O)c1c-2ccc[n+]1C.[I-]. The summed E-state index contributed by atoms with van der Waals surface area (Å²) in [4.78, 5) is 24.3. The van der Waals surface area contributed by atoms with Crippen LogP contribution < -0.4 is 33.1 Å². The largest absolute Gasteiger partial charge is 1.00 e. The minimum atomic E-state index is -0.442. The molecule has 0 amide bonds. The second kappa shape index (κ2) is 4.80. The molecule has 0 spiro atoms. The predicted molar refractivity (Wildman–Crippen MR) is 62.9 cm³/mol. The number of fused-ring (bicyclic) bond motifs is 3. The summed E-state index contributed by atoms with van der Waals surface area (Å²) in [6.07, 6.45) is 3.55. The first kappa shape index (κ1) is 13.8. The van der Waals surface area contributed by atoms with Crippen LogP contribution in [0, 0.1) is 0 Å². The molecule has 2 aromatic rings. The number of carbonyl (C=O) groups is 2. The average Bonchev–Trinajstić information content (AvgIpc) is 2.35. The Morgan fingerprint density at radius 2 is 1.16 bits per heavy atom. The Balaban J connectivity index is 0.00000133. The highest BCUT2D eigenvalue weighted by Crippen LogP contribution is 2.29. The lowest BCUT2D eigenvalue weighted by Crippen LogP contribution is -3.00. The maximum atomic E-state index is 12.2. The molecule has 3 rings (SSSR count). The highest BCUT2D eigenvalue weighted by molar-refractivity contribution is 6.51. The zero-order valence-corrected chi connectivity index (χ0v) is 12.7. The average molecular weight is 367 g/mol. The van der Waals surface area contributed by atoms with E-state index in [4.69, 9.17) is 0 Å². The van der Waals surface area contributed by atoms with Gasteiger partial charge in [-0.15, -0.1) is 0 Å². The lowest BCUT2D eigenvalue weighted by Gasteiger charge is -2.12. The van der Waals surface area contributed by atoms with Gasteiger partial charge < -0.3 is 24.0 Å². The molecule has 5 heteroatoms. The highest BCUT2D eigenvalue weighted by Gasteiger charge is 2.41. The fraction of sp³-hybridized carbons (Fsp3) is 0.143. The molecule has 0 saturated heterocycles. The minimum absolute atomic E-state index is 0. The zero-order chi connectivity index (χ0) is 12.9. The lowest BCUT2D eigenvalue weighted by atomic mass is 9.90. The van der Waals surface area contributed by atoms with Crippen LogP contribution in [0.4, 0.5) is 0 Å². The zero-order valence-electron chi connectivity index (χ0n) is 10.6. The van der Waals surface area contributed by atoms with E-state index in [1.54, 1.807) is 35.6 Å². The Labute approximate surface area is 127 Å². The van der Waals surface area contributed by atoms with Crippen LogP contribution in [0.1, 0.15) is 21.0 Å². The molecular formula is C14H12IN2O2+. The van der Waals surface area contributed by atoms with Crippen molar-refractivity contribution in [1.29, 1.82) is 0 Å². The van der Waals surface area contributed by atoms with E-state index in [2.05, 4.69) is 0 Å². The van der Waals surface area contributed by atoms with Gasteiger partial charge >= 0.3 is 11.6 Å². The molecule has 2 aromatic heterocycles. The molecule has 0 unspecified atom stereocenters. The van der Waals surface area contributed by atoms with Crippen LogP contribution in [0.15, 0.2) is 36.7 Å². The van der Waals surface area contributed by atoms with E-state index in [0.29, 0.717) is 11.4 Å². The minimum Gasteiger partial charge on any atom is -1.00 e. The van der Waals surface area contributed by atoms with Gasteiger partial charge in [0.25, 0.3) is 11.4 Å². The van der Waals surface area contributed by atoms with Crippen molar-refractivity contribution in [3.8, 4) is 11.1 Å². The van der Waals surface area contributed by atoms with Gasteiger partial charge in [0.05, 0.1) is 11.1 Å². The summed E-state index contributed by atoms with van der Waals surface area (Å²) in [5.41, 5.74) is 2.55. The topological polar surface area (TPSA) is 41.9 Å². The van der Waals surface area contributed by atoms with Gasteiger partial charge in [-0.25, -0.2) is 0 Å². The van der Waals surface area contributed by atoms with E-state index in [1.807, 2.05) is 24.3 Å². The second-order valence-corrected chi connectivity index (χ2v) is 4.42. The molecule has 0 radical (unpaired) electrons. The van der Waals surface area contributed by atoms with E-state index in [0.717, 1.165) is 11.1 Å². The summed E-state index contributed by atoms with van der Waals surface area (Å²) >= 11 is 0. The fourth-order valence-corrected chi connectivity index (χ4v) is 2.44. The summed E-state index contributed by atoms with van der Waals surface area (Å²) in [5, 5.41) is 0. The fourth-order valence-electron chi connectivity index (χ4n) is 2.44. The maximum Gasteiger partial charge on any atom is 0.304 e. The van der Waals surface area contributed by atoms with Crippen LogP contribution in [0.5, 0.6) is 0 Å². The molecule has 0 fully saturated rings. The molecule has 1 aliphatic carbocycles. The molecule has 96 valence electrons. The summed E-state index contributed by atoms with van der Waals surface area (Å²) in [6.45, 7) is 0. The van der Waals surface area contributed by atoms with Crippen molar-refractivity contribution >= 4 is 11.6 Å². The van der Waals surface area contributed by atoms with Gasteiger partial charge in [-0.05, 0) is 12.1 Å². The first-order valence-corrected chi connectivity index (χ1v) is 5.68. The van der Waals surface area contributed by atoms with Crippen molar-refractivity contribution in [3.63, 3.8) is 0 Å². The lowest BCUT2D eigenvalue weighted by molar-refractivity contribution is -0.675. The molecular weight excluding hydrogens is 355 g/mol. The van der Waals surface area contributed by atoms with Gasteiger partial charge in [-0.3, -0.25) is 9.59 Å². The van der Waals surface area contributed by atoms with Gasteiger partial charge in [-0.2, -0.15) is 9.13 Å². The monoisotopic (exact) mass is 367 g/mol. The number of rotatable bonds is 0. The quantitative estimate of drug-likeness (QED) is 0.291. The normalized spacial score (nSPS) is 12.5. The summed E-state index contributed by atoms with van der Waals surface area (Å²) in [6, 6.07) is 7.49. The highest BCUT2D eigenvalue weighted by atomic mass is 127. The summed E-state index contributed by atoms with van der Waals surface area (Å²) in [7, 11) is 3.55. The Morgan fingerprint density at radius 1 is 0.789 bits per heavy atom. The molecule has 0 N–H and O–H groups in total. The van der Waals surface area contributed by atoms with Gasteiger partial charge in [0.2, 0.25) is 0 Å². The van der Waals surface area contributed by atoms with E-state index < -0.39 is 11.6 Å². The molecule has 0 aliphatic heterocycles. The van der Waals surface area contributed by atoms with Gasteiger partial charge in [-0.1, -0.05) is 0 Å². The smallest absolute Gasteiger partial charge is 0.304 e. The third-order valence-corrected chi connectivity index (χ3v) is 3.29. The Morgan fingerprint density at radius 3 is 1.53 bits per heavy atom. The van der Waals surface area contributed by atoms with Crippen LogP contribution in [-0.4, -0.2) is 11.6 Å². The first-order chi connectivity index (χ1) is 8.61. The van der Waals surface area contributed by atoms with Crippen LogP contribution in [-0.2, 0) is 14.1 Å². The van der Waals surface area contributed by atoms with Crippen molar-refractivity contribution < 1.29 is 42.7 Å². The molecule has 0 atom stereocenters. The van der Waals surface area contributed by atoms with Gasteiger partial charge in [0, 0.05) is 12.1 Å². The molecule has 2 heterocycles. The second-order valence-electron chi connectivity index (χ2n) is 4.42. The van der Waals surface area contributed by atoms with Crippen LogP contribution in [0.3, 0.4) is 0 Å². The van der Waals surface area contributed by atoms with Crippen molar-refractivity contribution in [1.82, 2.24) is 0 Å². The molecule has 0 bridgehead atoms. The van der Waals surface area contributed by atoms with E-state index in [-0.39, 0.29) is 24.0 Å². The van der Waals surface area contributed by atoms with Crippen molar-refractivity contribution in [2.45, 2.75) is 0 Å². The Kier molecular flexibility index (Phi) is 3.49. The maximum absolute atomic E-state index is 12.2. The third kappa shape index (κ3) is 1.88. The molecule has 1 aliphatic rings. The van der Waals surface area contributed by atoms with Gasteiger partial charge in [0.1, 0.15) is 14.1 Å². The number of carbonyl (C=O) groups excluding carboxylic acids is 2. The molecule has 0 aromatic carbocycles. The molecule has 0 saturated carbocycles. The number of hydrogen-bond donors (Lipinski definition) is 0. The third-order valence-electron chi connectivity index (χ3n) is 3.29. The number of hydrogen-bond acceptors (Lipinski definition) is 2. The number of pyridine rings is 2. The number of aromatic nitrogens is 2. The summed E-state index contributed by atoms with van der Waals surface area (Å²) in [5.74, 6) is -0.884. The molecule has 19 heavy (non-hydrogen) atoms. The number of Topliss-reactive ketones (excluding diaryl/α,β-unsaturated/α-hetero) is 2. The predicted octanol–water partition coefficient (Wildman–Crippen LogP) is -2.61. The van der Waals surface area contributed by atoms with Crippen molar-refractivity contribution in [2.24, 2.45) is 14.1 Å². The molecule has 4 nitrogen and oxygen atoms in total. The number of ketones is 2. The number of halogens is 1. The number of aryl methyl sites for hydroxylation is 2. The van der Waals surface area contributed by atoms with E-state index in [1.165, 1.54) is 0 Å².